The summed E-state index contributed by atoms with van der Waals surface area (Å²) in [7, 11) is 0. The number of ether oxygens (including phenoxy) is 1. The molecule has 0 saturated carbocycles. The number of H-pyrrole nitrogens is 1. The van der Waals surface area contributed by atoms with Gasteiger partial charge in [-0.1, -0.05) is 18.2 Å². The highest BCUT2D eigenvalue weighted by atomic mass is 16.5. The predicted molar refractivity (Wildman–Crippen MR) is 114 cm³/mol. The lowest BCUT2D eigenvalue weighted by atomic mass is 10.1. The lowest BCUT2D eigenvalue weighted by molar-refractivity contribution is 0.120. The Labute approximate surface area is 168 Å². The van der Waals surface area contributed by atoms with E-state index in [-0.39, 0.29) is 1.43 Å². The minimum atomic E-state index is 0. The van der Waals surface area contributed by atoms with Gasteiger partial charge in [0.2, 0.25) is 0 Å². The maximum absolute atomic E-state index is 5.94. The quantitative estimate of drug-likeness (QED) is 0.501. The average molecular weight is 387 g/mol. The molecule has 0 radical (unpaired) electrons. The Morgan fingerprint density at radius 2 is 1.97 bits per heavy atom. The zero-order valence-electron chi connectivity index (χ0n) is 15.7. The molecule has 1 aliphatic rings. The van der Waals surface area contributed by atoms with Gasteiger partial charge in [-0.2, -0.15) is 10.1 Å². The molecular weight excluding hydrogens is 366 g/mol. The van der Waals surface area contributed by atoms with Crippen molar-refractivity contribution in [1.29, 1.82) is 0 Å². The highest BCUT2D eigenvalue weighted by Crippen LogP contribution is 2.29. The van der Waals surface area contributed by atoms with E-state index in [1.54, 1.807) is 0 Å². The number of anilines is 1. The summed E-state index contributed by atoms with van der Waals surface area (Å²) in [6, 6.07) is 14.9. The van der Waals surface area contributed by atoms with Crippen LogP contribution in [-0.4, -0.2) is 46.1 Å². The van der Waals surface area contributed by atoms with Crippen LogP contribution in [0.2, 0.25) is 0 Å². The lowest BCUT2D eigenvalue weighted by Crippen LogP contribution is -2.36. The summed E-state index contributed by atoms with van der Waals surface area (Å²) in [5.41, 5.74) is 5.88. The van der Waals surface area contributed by atoms with Crippen molar-refractivity contribution >= 4 is 28.0 Å². The normalized spacial score (nSPS) is 14.8. The molecule has 7 heteroatoms. The van der Waals surface area contributed by atoms with Crippen molar-refractivity contribution in [2.24, 2.45) is 0 Å². The van der Waals surface area contributed by atoms with Crippen LogP contribution in [0.4, 0.5) is 6.01 Å². The minimum Gasteiger partial charge on any atom is -0.423 e. The number of nitrogens with zero attached hydrogens (tertiary/aromatic N) is 4. The smallest absolute Gasteiger partial charge is 0.298 e. The van der Waals surface area contributed by atoms with Crippen LogP contribution in [-0.2, 0) is 4.74 Å². The van der Waals surface area contributed by atoms with E-state index in [9.17, 15) is 0 Å². The Kier molecular flexibility index (Phi) is 3.67. The minimum absolute atomic E-state index is 0. The molecule has 7 nitrogen and oxygen atoms in total. The van der Waals surface area contributed by atoms with Crippen LogP contribution in [0.25, 0.3) is 38.8 Å². The number of rotatable bonds is 3. The van der Waals surface area contributed by atoms with Gasteiger partial charge in [0.05, 0.1) is 25.1 Å². The molecule has 1 fully saturated rings. The van der Waals surface area contributed by atoms with Gasteiger partial charge in [-0.15, -0.1) is 0 Å². The molecule has 0 unspecified atom stereocenters. The number of para-hydroxylation sites is 1. The van der Waals surface area contributed by atoms with Crippen LogP contribution in [0.1, 0.15) is 1.43 Å². The Morgan fingerprint density at radius 3 is 2.90 bits per heavy atom. The summed E-state index contributed by atoms with van der Waals surface area (Å²) in [4.78, 5) is 10.1. The number of nitrogens with one attached hydrogen (secondary N) is 1. The van der Waals surface area contributed by atoms with Gasteiger partial charge in [0.15, 0.2) is 5.58 Å². The summed E-state index contributed by atoms with van der Waals surface area (Å²) < 4.78 is 13.2. The van der Waals surface area contributed by atoms with E-state index >= 15 is 0 Å². The van der Waals surface area contributed by atoms with Gasteiger partial charge in [0.25, 0.3) is 6.01 Å². The van der Waals surface area contributed by atoms with Crippen molar-refractivity contribution in [2.75, 3.05) is 31.2 Å². The van der Waals surface area contributed by atoms with Crippen molar-refractivity contribution < 1.29 is 10.6 Å². The zero-order chi connectivity index (χ0) is 19.2. The highest BCUT2D eigenvalue weighted by Gasteiger charge is 2.17. The van der Waals surface area contributed by atoms with E-state index in [0.29, 0.717) is 19.2 Å². The fraction of sp³-hybridized carbons (Fsp3) is 0.182. The number of hydrogen-bond donors (Lipinski definition) is 1. The van der Waals surface area contributed by atoms with Crippen LogP contribution in [0.15, 0.2) is 65.5 Å². The van der Waals surface area contributed by atoms with Crippen LogP contribution in [0, 0.1) is 0 Å². The van der Waals surface area contributed by atoms with Crippen molar-refractivity contribution in [1.82, 2.24) is 19.7 Å². The molecule has 4 heterocycles. The molecule has 0 atom stereocenters. The van der Waals surface area contributed by atoms with Crippen molar-refractivity contribution in [3.63, 3.8) is 0 Å². The molecule has 0 spiro atoms. The molecule has 0 aliphatic carbocycles. The predicted octanol–water partition coefficient (Wildman–Crippen LogP) is 4.24. The van der Waals surface area contributed by atoms with E-state index in [1.165, 1.54) is 5.39 Å². The van der Waals surface area contributed by atoms with Gasteiger partial charge in [-0.25, -0.2) is 4.68 Å². The van der Waals surface area contributed by atoms with Crippen molar-refractivity contribution in [2.45, 2.75) is 0 Å². The summed E-state index contributed by atoms with van der Waals surface area (Å²) in [5, 5.41) is 5.76. The molecule has 1 aliphatic heterocycles. The third-order valence-corrected chi connectivity index (χ3v) is 5.39. The van der Waals surface area contributed by atoms with Crippen LogP contribution in [0.5, 0.6) is 0 Å². The standard InChI is InChI=1S/C22H19N5O2.H2/c1-2-4-19-17(3-1)18(13-23-19)15-12-24-27(14-15)16-5-6-21-20(11-16)25-22(29-21)26-7-9-28-10-8-26;/h1-6,11-14,23H,7-10H2;1H. The Morgan fingerprint density at radius 1 is 1.07 bits per heavy atom. The number of hydrogen-bond acceptors (Lipinski definition) is 5. The second-order valence-corrected chi connectivity index (χ2v) is 7.17. The summed E-state index contributed by atoms with van der Waals surface area (Å²) >= 11 is 0. The number of aromatic nitrogens is 4. The number of benzene rings is 2. The van der Waals surface area contributed by atoms with E-state index < -0.39 is 0 Å². The maximum Gasteiger partial charge on any atom is 0.298 e. The SMILES string of the molecule is [HH].c1ccc2c(-c3cnn(-c4ccc5oc(N6CCOCC6)nc5c4)c3)c[nH]c2c1. The highest BCUT2D eigenvalue weighted by molar-refractivity contribution is 5.95. The Balaban J connectivity index is 0.00000193. The fourth-order valence-electron chi connectivity index (χ4n) is 3.85. The molecule has 146 valence electrons. The second-order valence-electron chi connectivity index (χ2n) is 7.17. The summed E-state index contributed by atoms with van der Waals surface area (Å²) in [5.74, 6) is 0. The maximum atomic E-state index is 5.94. The summed E-state index contributed by atoms with van der Waals surface area (Å²) in [6.07, 6.45) is 5.96. The third-order valence-electron chi connectivity index (χ3n) is 5.39. The molecular formula is C22H21N5O2. The van der Waals surface area contributed by atoms with E-state index in [2.05, 4.69) is 38.2 Å². The number of aromatic amines is 1. The second kappa shape index (κ2) is 6.49. The monoisotopic (exact) mass is 387 g/mol. The van der Waals surface area contributed by atoms with Gasteiger partial charge in [0, 0.05) is 48.9 Å². The van der Waals surface area contributed by atoms with Gasteiger partial charge in [0.1, 0.15) is 5.52 Å². The molecule has 1 saturated heterocycles. The third kappa shape index (κ3) is 2.78. The lowest BCUT2D eigenvalue weighted by Gasteiger charge is -2.24. The zero-order valence-corrected chi connectivity index (χ0v) is 15.7. The molecule has 29 heavy (non-hydrogen) atoms. The van der Waals surface area contributed by atoms with Gasteiger partial charge in [-0.05, 0) is 24.3 Å². The number of oxazole rings is 1. The van der Waals surface area contributed by atoms with Crippen LogP contribution < -0.4 is 4.90 Å². The Bertz CT molecular complexity index is 1320. The van der Waals surface area contributed by atoms with Crippen molar-refractivity contribution in [3.05, 3.63) is 61.1 Å². The molecule has 5 aromatic rings. The number of fused-ring (bicyclic) bond motifs is 2. The van der Waals surface area contributed by atoms with E-state index in [1.807, 2.05) is 47.5 Å². The van der Waals surface area contributed by atoms with Gasteiger partial charge < -0.3 is 19.0 Å². The first-order chi connectivity index (χ1) is 14.3. The molecule has 2 aromatic carbocycles. The topological polar surface area (TPSA) is 72.1 Å². The number of morpholine rings is 1. The molecule has 3 aromatic heterocycles. The first-order valence-corrected chi connectivity index (χ1v) is 9.70. The fourth-order valence-corrected chi connectivity index (χ4v) is 3.85. The first kappa shape index (κ1) is 16.4. The Hall–Kier alpha value is -3.58. The summed E-state index contributed by atoms with van der Waals surface area (Å²) in [6.45, 7) is 3.00. The molecule has 0 amide bonds. The van der Waals surface area contributed by atoms with E-state index in [4.69, 9.17) is 9.15 Å². The van der Waals surface area contributed by atoms with Crippen molar-refractivity contribution in [3.8, 4) is 16.8 Å². The van der Waals surface area contributed by atoms with Crippen LogP contribution in [0.3, 0.4) is 0 Å². The van der Waals surface area contributed by atoms with Crippen LogP contribution >= 0.6 is 0 Å². The van der Waals surface area contributed by atoms with Gasteiger partial charge >= 0.3 is 0 Å². The largest absolute Gasteiger partial charge is 0.423 e. The molecule has 6 rings (SSSR count). The van der Waals surface area contributed by atoms with Gasteiger partial charge in [-0.3, -0.25) is 0 Å². The molecule has 1 N–H and O–H groups in total. The average Bonchev–Trinajstić information content (AvgIpc) is 3.51. The van der Waals surface area contributed by atoms with E-state index in [0.717, 1.165) is 46.5 Å². The molecule has 0 bridgehead atoms. The first-order valence-electron chi connectivity index (χ1n) is 9.70.